The lowest BCUT2D eigenvalue weighted by atomic mass is 10.0. The van der Waals surface area contributed by atoms with Gasteiger partial charge in [0.1, 0.15) is 0 Å². The fourth-order valence-electron chi connectivity index (χ4n) is 1.56. The second-order valence-electron chi connectivity index (χ2n) is 3.82. The van der Waals surface area contributed by atoms with Crippen LogP contribution >= 0.6 is 0 Å². The van der Waals surface area contributed by atoms with Crippen molar-refractivity contribution in [2.24, 2.45) is 0 Å². The highest BCUT2D eigenvalue weighted by atomic mass is 32.2. The van der Waals surface area contributed by atoms with Gasteiger partial charge in [-0.3, -0.25) is 4.21 Å². The Bertz CT molecular complexity index is 329. The van der Waals surface area contributed by atoms with Crippen LogP contribution in [0.4, 0.5) is 0 Å². The highest BCUT2D eigenvalue weighted by Gasteiger charge is 2.01. The molecule has 3 heteroatoms. The van der Waals surface area contributed by atoms with Crippen LogP contribution in [0.15, 0.2) is 18.2 Å². The summed E-state index contributed by atoms with van der Waals surface area (Å²) in [5, 5.41) is 3.32. The number of hydrogen-bond acceptors (Lipinski definition) is 2. The molecule has 0 saturated carbocycles. The van der Waals surface area contributed by atoms with Gasteiger partial charge in [0.2, 0.25) is 0 Å². The topological polar surface area (TPSA) is 29.1 Å². The molecule has 1 N–H and O–H groups in total. The first kappa shape index (κ1) is 12.4. The Morgan fingerprint density at radius 3 is 2.40 bits per heavy atom. The zero-order valence-corrected chi connectivity index (χ0v) is 10.5. The minimum atomic E-state index is -0.697. The molecule has 0 saturated heterocycles. The van der Waals surface area contributed by atoms with Crippen LogP contribution in [0, 0.1) is 13.8 Å². The second kappa shape index (κ2) is 6.03. The van der Waals surface area contributed by atoms with Gasteiger partial charge in [-0.25, -0.2) is 0 Å². The maximum atomic E-state index is 10.9. The Morgan fingerprint density at radius 1 is 1.27 bits per heavy atom. The summed E-state index contributed by atoms with van der Waals surface area (Å²) in [6, 6.07) is 6.33. The van der Waals surface area contributed by atoms with E-state index < -0.39 is 10.8 Å². The van der Waals surface area contributed by atoms with Gasteiger partial charge in [-0.05, 0) is 30.5 Å². The molecule has 0 bridgehead atoms. The third-order valence-electron chi connectivity index (χ3n) is 2.51. The number of hydrogen-bond donors (Lipinski definition) is 1. The van der Waals surface area contributed by atoms with Crippen LogP contribution in [0.3, 0.4) is 0 Å². The standard InChI is InChI=1S/C12H19NOS/c1-10-5-4-6-11(2)12(10)9-13-7-8-15(3)14/h4-6,13H,7-9H2,1-3H3. The number of rotatable bonds is 5. The highest BCUT2D eigenvalue weighted by Crippen LogP contribution is 2.12. The molecule has 1 rings (SSSR count). The lowest BCUT2D eigenvalue weighted by molar-refractivity contribution is 0.676. The summed E-state index contributed by atoms with van der Waals surface area (Å²) < 4.78 is 10.9. The maximum Gasteiger partial charge on any atom is 0.0357 e. The van der Waals surface area contributed by atoms with E-state index in [4.69, 9.17) is 0 Å². The second-order valence-corrected chi connectivity index (χ2v) is 5.38. The molecular formula is C12H19NOS. The molecule has 84 valence electrons. The highest BCUT2D eigenvalue weighted by molar-refractivity contribution is 7.84. The van der Waals surface area contributed by atoms with E-state index in [2.05, 4.69) is 37.4 Å². The van der Waals surface area contributed by atoms with E-state index in [1.807, 2.05) is 0 Å². The van der Waals surface area contributed by atoms with E-state index in [0.29, 0.717) is 0 Å². The van der Waals surface area contributed by atoms with Gasteiger partial charge in [0.05, 0.1) is 0 Å². The quantitative estimate of drug-likeness (QED) is 0.774. The Hall–Kier alpha value is -0.670. The molecule has 0 spiro atoms. The molecule has 0 fully saturated rings. The Labute approximate surface area is 94.5 Å². The molecule has 0 aliphatic carbocycles. The third kappa shape index (κ3) is 4.14. The van der Waals surface area contributed by atoms with E-state index in [-0.39, 0.29) is 0 Å². The average molecular weight is 225 g/mol. The molecule has 1 unspecified atom stereocenters. The van der Waals surface area contributed by atoms with Crippen LogP contribution < -0.4 is 5.32 Å². The first-order valence-electron chi connectivity index (χ1n) is 5.17. The lowest BCUT2D eigenvalue weighted by Gasteiger charge is -2.10. The molecule has 0 aromatic heterocycles. The monoisotopic (exact) mass is 225 g/mol. The van der Waals surface area contributed by atoms with Crippen molar-refractivity contribution >= 4 is 10.8 Å². The van der Waals surface area contributed by atoms with Crippen molar-refractivity contribution in [3.05, 3.63) is 34.9 Å². The smallest absolute Gasteiger partial charge is 0.0357 e. The molecule has 0 aliphatic heterocycles. The molecule has 15 heavy (non-hydrogen) atoms. The third-order valence-corrected chi connectivity index (χ3v) is 3.29. The summed E-state index contributed by atoms with van der Waals surface area (Å²) in [6.07, 6.45) is 1.74. The number of benzene rings is 1. The fraction of sp³-hybridized carbons (Fsp3) is 0.500. The Balaban J connectivity index is 2.47. The van der Waals surface area contributed by atoms with Crippen LogP contribution in [-0.4, -0.2) is 22.8 Å². The lowest BCUT2D eigenvalue weighted by Crippen LogP contribution is -2.20. The van der Waals surface area contributed by atoms with Gasteiger partial charge in [-0.2, -0.15) is 0 Å². The number of nitrogens with one attached hydrogen (secondary N) is 1. The minimum absolute atomic E-state index is 0.697. The molecule has 0 radical (unpaired) electrons. The van der Waals surface area contributed by atoms with Gasteiger partial charge in [-0.15, -0.1) is 0 Å². The summed E-state index contributed by atoms with van der Waals surface area (Å²) in [6.45, 7) is 5.94. The fourth-order valence-corrected chi connectivity index (χ4v) is 1.99. The Kier molecular flexibility index (Phi) is 4.99. The van der Waals surface area contributed by atoms with Gasteiger partial charge >= 0.3 is 0 Å². The van der Waals surface area contributed by atoms with Gasteiger partial charge in [0.25, 0.3) is 0 Å². The van der Waals surface area contributed by atoms with Crippen molar-refractivity contribution in [2.75, 3.05) is 18.6 Å². The molecule has 0 aliphatic rings. The van der Waals surface area contributed by atoms with Crippen molar-refractivity contribution < 1.29 is 4.21 Å². The Morgan fingerprint density at radius 2 is 1.87 bits per heavy atom. The van der Waals surface area contributed by atoms with Crippen molar-refractivity contribution in [2.45, 2.75) is 20.4 Å². The van der Waals surface area contributed by atoms with E-state index in [1.165, 1.54) is 16.7 Å². The molecule has 1 aromatic rings. The maximum absolute atomic E-state index is 10.9. The van der Waals surface area contributed by atoms with E-state index >= 15 is 0 Å². The van der Waals surface area contributed by atoms with Crippen molar-refractivity contribution in [3.8, 4) is 0 Å². The predicted octanol–water partition coefficient (Wildman–Crippen LogP) is 1.77. The van der Waals surface area contributed by atoms with Crippen LogP contribution in [0.2, 0.25) is 0 Å². The van der Waals surface area contributed by atoms with Gasteiger partial charge < -0.3 is 5.32 Å². The van der Waals surface area contributed by atoms with Gasteiger partial charge in [0, 0.05) is 35.9 Å². The average Bonchev–Trinajstić information content (AvgIpc) is 2.15. The zero-order valence-electron chi connectivity index (χ0n) is 9.67. The van der Waals surface area contributed by atoms with Crippen molar-refractivity contribution in [3.63, 3.8) is 0 Å². The van der Waals surface area contributed by atoms with E-state index in [9.17, 15) is 4.21 Å². The van der Waals surface area contributed by atoms with Crippen molar-refractivity contribution in [1.82, 2.24) is 5.32 Å². The minimum Gasteiger partial charge on any atom is -0.312 e. The van der Waals surface area contributed by atoms with E-state index in [0.717, 1.165) is 18.8 Å². The largest absolute Gasteiger partial charge is 0.312 e. The molecule has 1 atom stereocenters. The zero-order chi connectivity index (χ0) is 11.3. The van der Waals surface area contributed by atoms with E-state index in [1.54, 1.807) is 6.26 Å². The molecule has 0 heterocycles. The van der Waals surface area contributed by atoms with Crippen LogP contribution in [0.1, 0.15) is 16.7 Å². The molecular weight excluding hydrogens is 206 g/mol. The summed E-state index contributed by atoms with van der Waals surface area (Å²) >= 11 is 0. The van der Waals surface area contributed by atoms with Gasteiger partial charge in [-0.1, -0.05) is 18.2 Å². The molecule has 1 aromatic carbocycles. The molecule has 2 nitrogen and oxygen atoms in total. The predicted molar refractivity (Wildman–Crippen MR) is 66.6 cm³/mol. The normalized spacial score (nSPS) is 12.7. The first-order valence-corrected chi connectivity index (χ1v) is 6.90. The summed E-state index contributed by atoms with van der Waals surface area (Å²) in [5.41, 5.74) is 4.00. The summed E-state index contributed by atoms with van der Waals surface area (Å²) in [7, 11) is -0.697. The summed E-state index contributed by atoms with van der Waals surface area (Å²) in [4.78, 5) is 0. The van der Waals surface area contributed by atoms with Crippen LogP contribution in [0.5, 0.6) is 0 Å². The van der Waals surface area contributed by atoms with Crippen LogP contribution in [0.25, 0.3) is 0 Å². The molecule has 0 amide bonds. The van der Waals surface area contributed by atoms with Gasteiger partial charge in [0.15, 0.2) is 0 Å². The first-order chi connectivity index (χ1) is 7.11. The van der Waals surface area contributed by atoms with Crippen molar-refractivity contribution in [1.29, 1.82) is 0 Å². The summed E-state index contributed by atoms with van der Waals surface area (Å²) in [5.74, 6) is 0.727. The number of aryl methyl sites for hydroxylation is 2. The van der Waals surface area contributed by atoms with Crippen LogP contribution in [-0.2, 0) is 17.3 Å². The SMILES string of the molecule is Cc1cccc(C)c1CNCCS(C)=O.